The number of rotatable bonds is 6. The molecule has 164 valence electrons. The maximum atomic E-state index is 12.5. The van der Waals surface area contributed by atoms with Gasteiger partial charge in [0.05, 0.1) is 26.9 Å². The average molecular weight is 472 g/mol. The van der Waals surface area contributed by atoms with Gasteiger partial charge in [0.2, 0.25) is 0 Å². The number of hydrogen-bond donors (Lipinski definition) is 1. The van der Waals surface area contributed by atoms with Crippen LogP contribution in [0.2, 0.25) is 10.0 Å². The molecule has 1 N–H and O–H groups in total. The van der Waals surface area contributed by atoms with Crippen LogP contribution in [0.1, 0.15) is 43.9 Å². The lowest BCUT2D eigenvalue weighted by Crippen LogP contribution is -2.37. The van der Waals surface area contributed by atoms with Crippen molar-refractivity contribution in [2.24, 2.45) is 0 Å². The molecule has 0 aliphatic heterocycles. The minimum Gasteiger partial charge on any atom is -0.444 e. The number of carbonyl (C=O) groups excluding carboxylic acids is 1. The van der Waals surface area contributed by atoms with Gasteiger partial charge in [0.15, 0.2) is 0 Å². The van der Waals surface area contributed by atoms with E-state index in [0.717, 1.165) is 0 Å². The van der Waals surface area contributed by atoms with Crippen LogP contribution in [0.3, 0.4) is 0 Å². The van der Waals surface area contributed by atoms with Crippen LogP contribution in [0.5, 0.6) is 0 Å². The predicted octanol–water partition coefficient (Wildman–Crippen LogP) is 5.41. The quantitative estimate of drug-likeness (QED) is 0.610. The van der Waals surface area contributed by atoms with Crippen LogP contribution in [0.4, 0.5) is 4.79 Å². The lowest BCUT2D eigenvalue weighted by atomic mass is 9.88. The zero-order chi connectivity index (χ0) is 22.6. The molecule has 0 aromatic heterocycles. The highest BCUT2D eigenvalue weighted by Gasteiger charge is 2.30. The molecule has 2 rings (SSSR count). The van der Waals surface area contributed by atoms with E-state index in [1.807, 2.05) is 0 Å². The lowest BCUT2D eigenvalue weighted by Gasteiger charge is -2.31. The molecule has 1 amide bonds. The normalized spacial score (nSPS) is 14.7. The van der Waals surface area contributed by atoms with Crippen molar-refractivity contribution in [3.63, 3.8) is 0 Å². The topological polar surface area (TPSA) is 66.8 Å². The molecule has 0 fully saturated rings. The first-order chi connectivity index (χ1) is 13.9. The largest absolute Gasteiger partial charge is 0.444 e. The van der Waals surface area contributed by atoms with E-state index in [1.54, 1.807) is 76.5 Å². The summed E-state index contributed by atoms with van der Waals surface area (Å²) in [6.07, 6.45) is 0.0198. The van der Waals surface area contributed by atoms with Crippen molar-refractivity contribution in [3.8, 4) is 0 Å². The summed E-state index contributed by atoms with van der Waals surface area (Å²) in [6.45, 7) is 5.52. The van der Waals surface area contributed by atoms with Crippen molar-refractivity contribution < 1.29 is 18.8 Å². The molecule has 5 nitrogen and oxygen atoms in total. The lowest BCUT2D eigenvalue weighted by molar-refractivity contribution is 0.0249. The van der Waals surface area contributed by atoms with Gasteiger partial charge < -0.3 is 14.7 Å². The van der Waals surface area contributed by atoms with Gasteiger partial charge in [-0.3, -0.25) is 4.21 Å². The van der Waals surface area contributed by atoms with E-state index >= 15 is 0 Å². The Hall–Kier alpha value is -1.60. The Bertz CT molecular complexity index is 930. The number of nitrogens with zero attached hydrogens (tertiary/aromatic N) is 1. The first-order valence-electron chi connectivity index (χ1n) is 9.40. The molecule has 0 bridgehead atoms. The highest BCUT2D eigenvalue weighted by Crippen LogP contribution is 2.36. The summed E-state index contributed by atoms with van der Waals surface area (Å²) in [5, 5.41) is 12.0. The third kappa shape index (κ3) is 6.45. The molecule has 2 aromatic carbocycles. The monoisotopic (exact) mass is 471 g/mol. The number of amides is 1. The number of aliphatic hydroxyl groups excluding tert-OH is 1. The number of halogens is 2. The maximum Gasteiger partial charge on any atom is 0.410 e. The third-order valence-electron chi connectivity index (χ3n) is 4.48. The summed E-state index contributed by atoms with van der Waals surface area (Å²) in [5.74, 6) is -0.554. The van der Waals surface area contributed by atoms with E-state index in [9.17, 15) is 14.1 Å². The Kier molecular flexibility index (Phi) is 8.34. The standard InChI is InChI=1S/C22H27Cl2NO4S/c1-22(2,3)29-21(27)25(4)13-16(14-10-11-17(23)18(24)12-14)20(26)15-8-6-7-9-19(15)30(5)28/h6-12,16,20,26H,13H2,1-5H3. The minimum absolute atomic E-state index is 0.152. The van der Waals surface area contributed by atoms with Crippen molar-refractivity contribution in [3.05, 3.63) is 63.6 Å². The summed E-state index contributed by atoms with van der Waals surface area (Å²) in [5.41, 5.74) is 0.588. The van der Waals surface area contributed by atoms with Gasteiger partial charge in [-0.15, -0.1) is 0 Å². The highest BCUT2D eigenvalue weighted by molar-refractivity contribution is 7.84. The Labute approximate surface area is 190 Å². The van der Waals surface area contributed by atoms with Crippen molar-refractivity contribution in [1.82, 2.24) is 4.90 Å². The van der Waals surface area contributed by atoms with Gasteiger partial charge in [0.25, 0.3) is 0 Å². The van der Waals surface area contributed by atoms with Crippen molar-refractivity contribution in [1.29, 1.82) is 0 Å². The van der Waals surface area contributed by atoms with Crippen molar-refractivity contribution in [2.45, 2.75) is 43.3 Å². The van der Waals surface area contributed by atoms with E-state index < -0.39 is 34.5 Å². The molecule has 0 aliphatic carbocycles. The summed E-state index contributed by atoms with van der Waals surface area (Å²) in [6, 6.07) is 12.1. The number of carbonyl (C=O) groups is 1. The highest BCUT2D eigenvalue weighted by atomic mass is 35.5. The van der Waals surface area contributed by atoms with Crippen LogP contribution in [0.15, 0.2) is 47.4 Å². The van der Waals surface area contributed by atoms with Gasteiger partial charge in [0, 0.05) is 30.7 Å². The van der Waals surface area contributed by atoms with Crippen LogP contribution < -0.4 is 0 Å². The molecule has 0 heterocycles. The van der Waals surface area contributed by atoms with Gasteiger partial charge in [-0.2, -0.15) is 0 Å². The first kappa shape index (κ1) is 24.7. The number of aliphatic hydroxyl groups is 1. The van der Waals surface area contributed by atoms with E-state index in [0.29, 0.717) is 26.1 Å². The predicted molar refractivity (Wildman–Crippen MR) is 122 cm³/mol. The zero-order valence-electron chi connectivity index (χ0n) is 17.7. The molecule has 8 heteroatoms. The second kappa shape index (κ2) is 10.1. The second-order valence-electron chi connectivity index (χ2n) is 8.08. The average Bonchev–Trinajstić information content (AvgIpc) is 2.66. The summed E-state index contributed by atoms with van der Waals surface area (Å²) < 4.78 is 17.6. The van der Waals surface area contributed by atoms with E-state index in [4.69, 9.17) is 27.9 Å². The minimum atomic E-state index is -1.29. The molecular weight excluding hydrogens is 445 g/mol. The van der Waals surface area contributed by atoms with Gasteiger partial charge in [-0.1, -0.05) is 47.5 Å². The molecule has 0 spiro atoms. The van der Waals surface area contributed by atoms with Gasteiger partial charge in [-0.05, 0) is 50.1 Å². The Morgan fingerprint density at radius 1 is 1.17 bits per heavy atom. The number of hydrogen-bond acceptors (Lipinski definition) is 4. The molecule has 3 atom stereocenters. The van der Waals surface area contributed by atoms with Crippen LogP contribution in [0.25, 0.3) is 0 Å². The van der Waals surface area contributed by atoms with Crippen LogP contribution in [0, 0.1) is 0 Å². The molecule has 3 unspecified atom stereocenters. The number of benzene rings is 2. The fourth-order valence-corrected chi connectivity index (χ4v) is 4.14. The van der Waals surface area contributed by atoms with Gasteiger partial charge in [-0.25, -0.2) is 4.79 Å². The second-order valence-corrected chi connectivity index (χ2v) is 10.2. The van der Waals surface area contributed by atoms with E-state index in [1.165, 1.54) is 4.90 Å². The molecule has 0 aliphatic rings. The van der Waals surface area contributed by atoms with Gasteiger partial charge >= 0.3 is 6.09 Å². The maximum absolute atomic E-state index is 12.5. The molecule has 0 radical (unpaired) electrons. The summed E-state index contributed by atoms with van der Waals surface area (Å²) in [4.78, 5) is 14.5. The van der Waals surface area contributed by atoms with Crippen LogP contribution >= 0.6 is 23.2 Å². The Balaban J connectivity index is 2.45. The first-order valence-corrected chi connectivity index (χ1v) is 11.7. The van der Waals surface area contributed by atoms with Crippen LogP contribution in [-0.2, 0) is 15.5 Å². The zero-order valence-corrected chi connectivity index (χ0v) is 20.0. The Morgan fingerprint density at radius 2 is 1.80 bits per heavy atom. The fourth-order valence-electron chi connectivity index (χ4n) is 3.04. The van der Waals surface area contributed by atoms with Gasteiger partial charge in [0.1, 0.15) is 5.60 Å². The van der Waals surface area contributed by atoms with E-state index in [-0.39, 0.29) is 6.54 Å². The molecule has 0 saturated carbocycles. The molecule has 0 saturated heterocycles. The number of ether oxygens (including phenoxy) is 1. The smallest absolute Gasteiger partial charge is 0.410 e. The molecule has 30 heavy (non-hydrogen) atoms. The summed E-state index contributed by atoms with van der Waals surface area (Å²) >= 11 is 12.3. The molecule has 2 aromatic rings. The number of likely N-dealkylation sites (N-methyl/N-ethyl adjacent to an activating group) is 1. The summed E-state index contributed by atoms with van der Waals surface area (Å²) in [7, 11) is 0.317. The third-order valence-corrected chi connectivity index (χ3v) is 6.21. The van der Waals surface area contributed by atoms with Crippen LogP contribution in [-0.4, -0.2) is 45.8 Å². The SMILES string of the molecule is CN(CC(c1ccc(Cl)c(Cl)c1)C(O)c1ccccc1S(C)=O)C(=O)OC(C)(C)C. The fraction of sp³-hybridized carbons (Fsp3) is 0.409. The van der Waals surface area contributed by atoms with E-state index in [2.05, 4.69) is 0 Å². The molecular formula is C22H27Cl2NO4S. The Morgan fingerprint density at radius 3 is 2.37 bits per heavy atom. The van der Waals surface area contributed by atoms with Crippen molar-refractivity contribution >= 4 is 40.1 Å². The van der Waals surface area contributed by atoms with Crippen molar-refractivity contribution in [2.75, 3.05) is 19.8 Å².